The van der Waals surface area contributed by atoms with Gasteiger partial charge in [-0.15, -0.1) is 0 Å². The van der Waals surface area contributed by atoms with Crippen molar-refractivity contribution in [2.24, 2.45) is 5.92 Å². The van der Waals surface area contributed by atoms with Gasteiger partial charge in [-0.05, 0) is 30.5 Å². The van der Waals surface area contributed by atoms with E-state index in [0.29, 0.717) is 11.6 Å². The molecule has 3 rings (SSSR count). The molecule has 172 valence electrons. The molecule has 0 aromatic heterocycles. The number of sulfonamides is 1. The van der Waals surface area contributed by atoms with E-state index >= 15 is 0 Å². The molecule has 1 fully saturated rings. The van der Waals surface area contributed by atoms with Gasteiger partial charge in [-0.3, -0.25) is 14.9 Å². The maximum Gasteiger partial charge on any atom is 0.417 e. The van der Waals surface area contributed by atoms with Crippen LogP contribution in [0.4, 0.5) is 18.9 Å². The molecular weight excluding hydrogens is 453 g/mol. The number of nitrogens with zero attached hydrogens (tertiary/aromatic N) is 2. The predicted molar refractivity (Wildman–Crippen MR) is 106 cm³/mol. The number of non-ortho nitro benzene ring substituents is 1. The number of alkyl halides is 3. The minimum absolute atomic E-state index is 0.0845. The average Bonchev–Trinajstić information content (AvgIpc) is 2.77. The van der Waals surface area contributed by atoms with Crippen LogP contribution in [0.5, 0.6) is 0 Å². The summed E-state index contributed by atoms with van der Waals surface area (Å²) in [7, 11) is -4.40. The number of carbonyl (C=O) groups excluding carboxylic acids is 1. The Kier molecular flexibility index (Phi) is 6.84. The maximum atomic E-state index is 13.2. The minimum Gasteiger partial charge on any atom is -0.461 e. The van der Waals surface area contributed by atoms with Crippen LogP contribution in [0.25, 0.3) is 0 Å². The second-order valence-electron chi connectivity index (χ2n) is 7.21. The third kappa shape index (κ3) is 5.25. The molecule has 0 radical (unpaired) electrons. The Bertz CT molecular complexity index is 1110. The van der Waals surface area contributed by atoms with Crippen molar-refractivity contribution in [3.8, 4) is 0 Å². The molecule has 8 nitrogen and oxygen atoms in total. The number of ether oxygens (including phenoxy) is 1. The highest BCUT2D eigenvalue weighted by molar-refractivity contribution is 7.89. The lowest BCUT2D eigenvalue weighted by atomic mass is 9.98. The Hall–Kier alpha value is -2.99. The molecule has 32 heavy (non-hydrogen) atoms. The first-order valence-corrected chi connectivity index (χ1v) is 11.0. The van der Waals surface area contributed by atoms with Crippen molar-refractivity contribution in [1.82, 2.24) is 4.31 Å². The fourth-order valence-electron chi connectivity index (χ4n) is 3.43. The van der Waals surface area contributed by atoms with Crippen molar-refractivity contribution in [2.45, 2.75) is 30.5 Å². The van der Waals surface area contributed by atoms with E-state index in [4.69, 9.17) is 4.74 Å². The van der Waals surface area contributed by atoms with Crippen molar-refractivity contribution in [2.75, 3.05) is 13.1 Å². The molecule has 2 aromatic rings. The lowest BCUT2D eigenvalue weighted by Gasteiger charge is -2.30. The van der Waals surface area contributed by atoms with Crippen molar-refractivity contribution < 1.29 is 36.0 Å². The summed E-state index contributed by atoms with van der Waals surface area (Å²) in [6.07, 6.45) is -4.65. The largest absolute Gasteiger partial charge is 0.461 e. The monoisotopic (exact) mass is 472 g/mol. The number of nitro benzene ring substituents is 1. The number of benzene rings is 2. The lowest BCUT2D eigenvalue weighted by Crippen LogP contribution is -2.41. The number of nitro groups is 1. The Morgan fingerprint density at radius 2 is 1.78 bits per heavy atom. The van der Waals surface area contributed by atoms with Gasteiger partial charge in [0.25, 0.3) is 5.69 Å². The molecule has 1 heterocycles. The first-order chi connectivity index (χ1) is 15.0. The van der Waals surface area contributed by atoms with Crippen LogP contribution in [-0.2, 0) is 32.3 Å². The summed E-state index contributed by atoms with van der Waals surface area (Å²) in [5.41, 5.74) is -0.953. The normalized spacial score (nSPS) is 16.0. The lowest BCUT2D eigenvalue weighted by molar-refractivity contribution is -0.384. The summed E-state index contributed by atoms with van der Waals surface area (Å²) in [5, 5.41) is 10.8. The van der Waals surface area contributed by atoms with E-state index < -0.39 is 43.5 Å². The van der Waals surface area contributed by atoms with E-state index in [2.05, 4.69) is 0 Å². The number of carbonyl (C=O) groups is 1. The van der Waals surface area contributed by atoms with Crippen LogP contribution in [0.3, 0.4) is 0 Å². The quantitative estimate of drug-likeness (QED) is 0.360. The van der Waals surface area contributed by atoms with Crippen LogP contribution in [-0.4, -0.2) is 36.7 Å². The van der Waals surface area contributed by atoms with Gasteiger partial charge in [-0.25, -0.2) is 8.42 Å². The third-order valence-electron chi connectivity index (χ3n) is 5.10. The highest BCUT2D eigenvalue weighted by Gasteiger charge is 2.40. The van der Waals surface area contributed by atoms with Gasteiger partial charge in [-0.2, -0.15) is 17.5 Å². The molecular formula is C20H19F3N2O6S. The number of piperidine rings is 1. The molecule has 1 aliphatic heterocycles. The number of esters is 1. The van der Waals surface area contributed by atoms with E-state index in [-0.39, 0.29) is 38.2 Å². The van der Waals surface area contributed by atoms with E-state index in [1.165, 1.54) is 24.3 Å². The molecule has 0 N–H and O–H groups in total. The number of rotatable bonds is 6. The van der Waals surface area contributed by atoms with Crippen LogP contribution >= 0.6 is 0 Å². The molecule has 1 saturated heterocycles. The van der Waals surface area contributed by atoms with Crippen molar-refractivity contribution in [3.63, 3.8) is 0 Å². The molecule has 1 aliphatic rings. The Morgan fingerprint density at radius 1 is 1.12 bits per heavy atom. The zero-order chi connectivity index (χ0) is 23.5. The molecule has 0 bridgehead atoms. The Morgan fingerprint density at radius 3 is 2.41 bits per heavy atom. The first-order valence-electron chi connectivity index (χ1n) is 9.56. The van der Waals surface area contributed by atoms with Gasteiger partial charge in [-0.1, -0.05) is 24.3 Å². The molecule has 0 aliphatic carbocycles. The summed E-state index contributed by atoms with van der Waals surface area (Å²) < 4.78 is 71.4. The average molecular weight is 472 g/mol. The van der Waals surface area contributed by atoms with E-state index in [9.17, 15) is 36.5 Å². The standard InChI is InChI=1S/C20H19F3N2O6S/c21-20(22,23)17-6-1-2-7-18(17)32(29,30)24-10-8-15(9-11-24)19(26)31-13-14-4-3-5-16(12-14)25(27)28/h1-7,12,15H,8-11,13H2. The van der Waals surface area contributed by atoms with Crippen LogP contribution in [0.2, 0.25) is 0 Å². The summed E-state index contributed by atoms with van der Waals surface area (Å²) in [6, 6.07) is 9.57. The number of halogens is 3. The molecule has 12 heteroatoms. The van der Waals surface area contributed by atoms with E-state index in [1.807, 2.05) is 0 Å². The van der Waals surface area contributed by atoms with Gasteiger partial charge in [0.05, 0.1) is 21.3 Å². The Labute approximate surface area is 181 Å². The van der Waals surface area contributed by atoms with Crippen molar-refractivity contribution in [3.05, 3.63) is 69.8 Å². The SMILES string of the molecule is O=C(OCc1cccc([N+](=O)[O-])c1)C1CCN(S(=O)(=O)c2ccccc2C(F)(F)F)CC1. The first kappa shape index (κ1) is 23.7. The second kappa shape index (κ2) is 9.25. The predicted octanol–water partition coefficient (Wildman–Crippen LogP) is 3.76. The zero-order valence-electron chi connectivity index (χ0n) is 16.6. The van der Waals surface area contributed by atoms with Crippen LogP contribution in [0, 0.1) is 16.0 Å². The van der Waals surface area contributed by atoms with Gasteiger partial charge < -0.3 is 4.74 Å². The molecule has 0 saturated carbocycles. The maximum absolute atomic E-state index is 13.2. The number of hydrogen-bond acceptors (Lipinski definition) is 6. The van der Waals surface area contributed by atoms with Crippen molar-refractivity contribution >= 4 is 21.7 Å². The second-order valence-corrected chi connectivity index (χ2v) is 9.11. The molecule has 0 spiro atoms. The van der Waals surface area contributed by atoms with Gasteiger partial charge in [0.1, 0.15) is 6.61 Å². The van der Waals surface area contributed by atoms with Gasteiger partial charge >= 0.3 is 12.1 Å². The zero-order valence-corrected chi connectivity index (χ0v) is 17.4. The molecule has 2 aromatic carbocycles. The van der Waals surface area contributed by atoms with Crippen LogP contribution < -0.4 is 0 Å². The minimum atomic E-state index is -4.82. The van der Waals surface area contributed by atoms with Crippen LogP contribution in [0.1, 0.15) is 24.0 Å². The molecule has 0 unspecified atom stereocenters. The Balaban J connectivity index is 1.62. The summed E-state index contributed by atoms with van der Waals surface area (Å²) in [4.78, 5) is 21.7. The fourth-order valence-corrected chi connectivity index (χ4v) is 5.11. The topological polar surface area (TPSA) is 107 Å². The highest BCUT2D eigenvalue weighted by Crippen LogP contribution is 2.36. The smallest absolute Gasteiger partial charge is 0.417 e. The third-order valence-corrected chi connectivity index (χ3v) is 7.06. The van der Waals surface area contributed by atoms with Gasteiger partial charge in [0.2, 0.25) is 10.0 Å². The highest BCUT2D eigenvalue weighted by atomic mass is 32.2. The fraction of sp³-hybridized carbons (Fsp3) is 0.350. The van der Waals surface area contributed by atoms with Gasteiger partial charge in [0.15, 0.2) is 0 Å². The summed E-state index contributed by atoms with van der Waals surface area (Å²) in [6.45, 7) is -0.450. The van der Waals surface area contributed by atoms with E-state index in [1.54, 1.807) is 6.07 Å². The van der Waals surface area contributed by atoms with Gasteiger partial charge in [0, 0.05) is 25.2 Å². The summed E-state index contributed by atoms with van der Waals surface area (Å²) >= 11 is 0. The molecule has 0 amide bonds. The summed E-state index contributed by atoms with van der Waals surface area (Å²) in [5.74, 6) is -1.22. The van der Waals surface area contributed by atoms with Crippen LogP contribution in [0.15, 0.2) is 53.4 Å². The molecule has 0 atom stereocenters. The van der Waals surface area contributed by atoms with Crippen molar-refractivity contribution in [1.29, 1.82) is 0 Å². The van der Waals surface area contributed by atoms with E-state index in [0.717, 1.165) is 16.4 Å². The number of hydrogen-bond donors (Lipinski definition) is 0.